The Balaban J connectivity index is 1.90. The summed E-state index contributed by atoms with van der Waals surface area (Å²) < 4.78 is 1.93. The molecule has 0 unspecified atom stereocenters. The van der Waals surface area contributed by atoms with Gasteiger partial charge in [0.05, 0.1) is 11.4 Å². The number of nitrogens with zero attached hydrogens (tertiary/aromatic N) is 4. The Labute approximate surface area is 138 Å². The fourth-order valence-electron chi connectivity index (χ4n) is 1.79. The van der Waals surface area contributed by atoms with Crippen molar-refractivity contribution in [2.75, 3.05) is 26.4 Å². The van der Waals surface area contributed by atoms with Gasteiger partial charge in [0.2, 0.25) is 0 Å². The molecule has 0 spiro atoms. The lowest BCUT2D eigenvalue weighted by Crippen LogP contribution is -2.24. The zero-order valence-electron chi connectivity index (χ0n) is 13.3. The van der Waals surface area contributed by atoms with E-state index in [0.717, 1.165) is 33.7 Å². The van der Waals surface area contributed by atoms with Crippen LogP contribution in [0.4, 0.5) is 0 Å². The van der Waals surface area contributed by atoms with Gasteiger partial charge in [0, 0.05) is 19.3 Å². The molecule has 0 aliphatic carbocycles. The summed E-state index contributed by atoms with van der Waals surface area (Å²) in [5.74, 6) is 1.66. The number of aryl methyl sites for hydroxylation is 1. The molecule has 2 heterocycles. The van der Waals surface area contributed by atoms with E-state index in [0.29, 0.717) is 6.54 Å². The Morgan fingerprint density at radius 1 is 1.45 bits per heavy atom. The quantitative estimate of drug-likeness (QED) is 0.779. The van der Waals surface area contributed by atoms with E-state index in [1.807, 2.05) is 44.1 Å². The largest absolute Gasteiger partial charge is 0.344 e. The number of nitrogens with one attached hydrogen (secondary N) is 1. The molecule has 0 aromatic carbocycles. The first-order valence-electron chi connectivity index (χ1n) is 6.97. The van der Waals surface area contributed by atoms with Crippen LogP contribution in [0.3, 0.4) is 0 Å². The Kier molecular flexibility index (Phi) is 5.98. The first-order valence-corrected chi connectivity index (χ1v) is 8.83. The van der Waals surface area contributed by atoms with Gasteiger partial charge in [0.25, 0.3) is 5.91 Å². The highest BCUT2D eigenvalue weighted by Crippen LogP contribution is 2.17. The van der Waals surface area contributed by atoms with Crippen LogP contribution in [0, 0.1) is 6.92 Å². The number of hydrogen-bond donors (Lipinski definition) is 1. The second kappa shape index (κ2) is 7.75. The van der Waals surface area contributed by atoms with Crippen LogP contribution < -0.4 is 5.32 Å². The second-order valence-corrected chi connectivity index (χ2v) is 7.20. The number of amides is 1. The van der Waals surface area contributed by atoms with Crippen LogP contribution in [0.2, 0.25) is 0 Å². The van der Waals surface area contributed by atoms with Crippen molar-refractivity contribution in [3.05, 3.63) is 27.7 Å². The number of carbonyl (C=O) groups is 1. The van der Waals surface area contributed by atoms with E-state index in [9.17, 15) is 4.79 Å². The minimum atomic E-state index is -0.0580. The Hall–Kier alpha value is -1.38. The van der Waals surface area contributed by atoms with E-state index >= 15 is 0 Å². The minimum absolute atomic E-state index is 0.0580. The first-order chi connectivity index (χ1) is 10.5. The molecule has 0 saturated carbocycles. The van der Waals surface area contributed by atoms with Crippen LogP contribution in [0.25, 0.3) is 0 Å². The third-order valence-corrected chi connectivity index (χ3v) is 5.19. The number of hydrogen-bond acceptors (Lipinski definition) is 6. The predicted molar refractivity (Wildman–Crippen MR) is 90.5 cm³/mol. The van der Waals surface area contributed by atoms with E-state index < -0.39 is 0 Å². The highest BCUT2D eigenvalue weighted by molar-refractivity contribution is 7.99. The molecule has 0 atom stereocenters. The second-order valence-electron chi connectivity index (χ2n) is 5.22. The van der Waals surface area contributed by atoms with Crippen LogP contribution in [0.5, 0.6) is 0 Å². The van der Waals surface area contributed by atoms with Gasteiger partial charge >= 0.3 is 0 Å². The number of rotatable bonds is 7. The molecule has 0 fully saturated rings. The number of thiophene rings is 1. The molecule has 1 N–H and O–H groups in total. The van der Waals surface area contributed by atoms with Gasteiger partial charge in [0.1, 0.15) is 0 Å². The van der Waals surface area contributed by atoms with Gasteiger partial charge in [-0.3, -0.25) is 4.79 Å². The smallest absolute Gasteiger partial charge is 0.261 e. The molecular weight excluding hydrogens is 318 g/mol. The Bertz CT molecular complexity index is 635. The van der Waals surface area contributed by atoms with Gasteiger partial charge in [-0.25, -0.2) is 0 Å². The SMILES string of the molecule is Cc1ccsc1C(=O)NCc1nnc(SCCN(C)C)n1C. The molecule has 0 bridgehead atoms. The maximum atomic E-state index is 12.1. The van der Waals surface area contributed by atoms with Crippen molar-refractivity contribution in [2.45, 2.75) is 18.6 Å². The van der Waals surface area contributed by atoms with Crippen molar-refractivity contribution in [1.82, 2.24) is 25.0 Å². The molecule has 0 saturated heterocycles. The molecule has 0 aliphatic rings. The summed E-state index contributed by atoms with van der Waals surface area (Å²) in [6.45, 7) is 3.31. The predicted octanol–water partition coefficient (Wildman–Crippen LogP) is 1.77. The van der Waals surface area contributed by atoms with Gasteiger partial charge in [-0.05, 0) is 38.0 Å². The average Bonchev–Trinajstić information content (AvgIpc) is 3.03. The van der Waals surface area contributed by atoms with E-state index in [2.05, 4.69) is 20.4 Å². The summed E-state index contributed by atoms with van der Waals surface area (Å²) in [7, 11) is 6.02. The monoisotopic (exact) mass is 339 g/mol. The van der Waals surface area contributed by atoms with Crippen molar-refractivity contribution in [3.8, 4) is 0 Å². The van der Waals surface area contributed by atoms with Crippen LogP contribution in [-0.2, 0) is 13.6 Å². The molecule has 120 valence electrons. The molecule has 6 nitrogen and oxygen atoms in total. The molecule has 22 heavy (non-hydrogen) atoms. The molecule has 2 aromatic heterocycles. The van der Waals surface area contributed by atoms with Gasteiger partial charge in [0.15, 0.2) is 11.0 Å². The summed E-state index contributed by atoms with van der Waals surface area (Å²) in [6.07, 6.45) is 0. The van der Waals surface area contributed by atoms with Gasteiger partial charge < -0.3 is 14.8 Å². The zero-order chi connectivity index (χ0) is 16.1. The van der Waals surface area contributed by atoms with E-state index in [4.69, 9.17) is 0 Å². The summed E-state index contributed by atoms with van der Waals surface area (Å²) in [5.41, 5.74) is 1.00. The van der Waals surface area contributed by atoms with E-state index in [1.54, 1.807) is 11.8 Å². The summed E-state index contributed by atoms with van der Waals surface area (Å²) in [5, 5.41) is 14.0. The normalized spacial score (nSPS) is 11.1. The first kappa shape index (κ1) is 17.0. The van der Waals surface area contributed by atoms with Crippen molar-refractivity contribution < 1.29 is 4.79 Å². The molecule has 2 rings (SSSR count). The summed E-state index contributed by atoms with van der Waals surface area (Å²) in [4.78, 5) is 15.0. The Morgan fingerprint density at radius 2 is 2.23 bits per heavy atom. The topological polar surface area (TPSA) is 63.1 Å². The molecule has 2 aromatic rings. The average molecular weight is 339 g/mol. The number of aromatic nitrogens is 3. The third kappa shape index (κ3) is 4.31. The fourth-order valence-corrected chi connectivity index (χ4v) is 3.67. The van der Waals surface area contributed by atoms with Gasteiger partial charge in [-0.1, -0.05) is 11.8 Å². The maximum Gasteiger partial charge on any atom is 0.261 e. The highest BCUT2D eigenvalue weighted by atomic mass is 32.2. The molecule has 1 amide bonds. The lowest BCUT2D eigenvalue weighted by atomic mass is 10.3. The maximum absolute atomic E-state index is 12.1. The molecule has 0 aliphatic heterocycles. The summed E-state index contributed by atoms with van der Waals surface area (Å²) in [6, 6.07) is 1.95. The third-order valence-electron chi connectivity index (χ3n) is 3.17. The van der Waals surface area contributed by atoms with Crippen LogP contribution in [-0.4, -0.2) is 52.0 Å². The van der Waals surface area contributed by atoms with Crippen molar-refractivity contribution in [1.29, 1.82) is 0 Å². The van der Waals surface area contributed by atoms with Gasteiger partial charge in [-0.15, -0.1) is 21.5 Å². The van der Waals surface area contributed by atoms with Crippen molar-refractivity contribution in [2.24, 2.45) is 7.05 Å². The summed E-state index contributed by atoms with van der Waals surface area (Å²) >= 11 is 3.12. The fraction of sp³-hybridized carbons (Fsp3) is 0.500. The van der Waals surface area contributed by atoms with Crippen LogP contribution >= 0.6 is 23.1 Å². The van der Waals surface area contributed by atoms with Crippen molar-refractivity contribution in [3.63, 3.8) is 0 Å². The van der Waals surface area contributed by atoms with Gasteiger partial charge in [-0.2, -0.15) is 0 Å². The molecular formula is C14H21N5OS2. The number of carbonyl (C=O) groups excluding carboxylic acids is 1. The highest BCUT2D eigenvalue weighted by Gasteiger charge is 2.13. The van der Waals surface area contributed by atoms with Crippen LogP contribution in [0.15, 0.2) is 16.6 Å². The number of thioether (sulfide) groups is 1. The Morgan fingerprint density at radius 3 is 2.86 bits per heavy atom. The molecule has 8 heteroatoms. The standard InChI is InChI=1S/C14H21N5OS2/c1-10-5-7-21-12(10)13(20)15-9-11-16-17-14(19(11)4)22-8-6-18(2)3/h5,7H,6,8-9H2,1-4H3,(H,15,20). The van der Waals surface area contributed by atoms with Crippen LogP contribution in [0.1, 0.15) is 21.1 Å². The van der Waals surface area contributed by atoms with E-state index in [-0.39, 0.29) is 5.91 Å². The zero-order valence-corrected chi connectivity index (χ0v) is 14.9. The van der Waals surface area contributed by atoms with Crippen molar-refractivity contribution >= 4 is 29.0 Å². The minimum Gasteiger partial charge on any atom is -0.344 e. The molecule has 0 radical (unpaired) electrons. The lowest BCUT2D eigenvalue weighted by Gasteiger charge is -2.08. The lowest BCUT2D eigenvalue weighted by molar-refractivity contribution is 0.0953. The van der Waals surface area contributed by atoms with E-state index in [1.165, 1.54) is 11.3 Å².